The van der Waals surface area contributed by atoms with Gasteiger partial charge in [0.05, 0.1) is 6.10 Å². The second kappa shape index (κ2) is 4.88. The summed E-state index contributed by atoms with van der Waals surface area (Å²) in [6, 6.07) is 4.65. The van der Waals surface area contributed by atoms with E-state index in [9.17, 15) is 5.11 Å². The summed E-state index contributed by atoms with van der Waals surface area (Å²) < 4.78 is 0. The minimum Gasteiger partial charge on any atom is -0.389 e. The second-order valence-electron chi connectivity index (χ2n) is 5.72. The van der Waals surface area contributed by atoms with E-state index in [0.717, 1.165) is 23.8 Å². The van der Waals surface area contributed by atoms with Crippen LogP contribution in [-0.2, 0) is 0 Å². The molecule has 18 heavy (non-hydrogen) atoms. The van der Waals surface area contributed by atoms with E-state index < -0.39 is 6.10 Å². The van der Waals surface area contributed by atoms with E-state index in [1.807, 2.05) is 19.2 Å². The molecular formula is C15H22N2O. The van der Waals surface area contributed by atoms with Gasteiger partial charge in [-0.2, -0.15) is 0 Å². The van der Waals surface area contributed by atoms with Gasteiger partial charge in [0.2, 0.25) is 0 Å². The molecule has 3 nitrogen and oxygen atoms in total. The molecule has 1 aromatic rings. The fourth-order valence-electron chi connectivity index (χ4n) is 3.54. The van der Waals surface area contributed by atoms with Gasteiger partial charge in [0, 0.05) is 18.8 Å². The highest BCUT2D eigenvalue weighted by atomic mass is 16.3. The van der Waals surface area contributed by atoms with Gasteiger partial charge in [0.1, 0.15) is 5.82 Å². The molecular weight excluding hydrogens is 224 g/mol. The van der Waals surface area contributed by atoms with Gasteiger partial charge in [-0.3, -0.25) is 0 Å². The maximum absolute atomic E-state index is 9.68. The van der Waals surface area contributed by atoms with E-state index in [-0.39, 0.29) is 0 Å². The minimum absolute atomic E-state index is 0.406. The Labute approximate surface area is 109 Å². The Morgan fingerprint density at radius 1 is 1.33 bits per heavy atom. The van der Waals surface area contributed by atoms with Crippen LogP contribution in [-0.4, -0.2) is 22.7 Å². The largest absolute Gasteiger partial charge is 0.389 e. The molecule has 2 unspecified atom stereocenters. The first-order valence-corrected chi connectivity index (χ1v) is 7.16. The highest BCUT2D eigenvalue weighted by molar-refractivity contribution is 5.44. The first kappa shape index (κ1) is 12.0. The van der Waals surface area contributed by atoms with Crippen molar-refractivity contribution in [2.75, 3.05) is 11.4 Å². The second-order valence-corrected chi connectivity index (χ2v) is 5.72. The fourth-order valence-corrected chi connectivity index (χ4v) is 3.54. The molecule has 0 bridgehead atoms. The zero-order valence-corrected chi connectivity index (χ0v) is 11.0. The molecule has 2 heterocycles. The van der Waals surface area contributed by atoms with Crippen LogP contribution in [0.3, 0.4) is 0 Å². The monoisotopic (exact) mass is 246 g/mol. The molecule has 3 rings (SSSR count). The molecule has 3 atom stereocenters. The molecule has 1 aliphatic carbocycles. The van der Waals surface area contributed by atoms with Gasteiger partial charge in [-0.25, -0.2) is 4.98 Å². The van der Waals surface area contributed by atoms with Crippen molar-refractivity contribution in [3.8, 4) is 0 Å². The zero-order valence-electron chi connectivity index (χ0n) is 11.0. The first-order chi connectivity index (χ1) is 8.75. The van der Waals surface area contributed by atoms with Gasteiger partial charge in [0.15, 0.2) is 0 Å². The van der Waals surface area contributed by atoms with Crippen LogP contribution in [0.25, 0.3) is 0 Å². The number of rotatable bonds is 2. The van der Waals surface area contributed by atoms with E-state index in [0.29, 0.717) is 6.04 Å². The van der Waals surface area contributed by atoms with Gasteiger partial charge in [-0.05, 0) is 49.8 Å². The average Bonchev–Trinajstić information content (AvgIpc) is 2.82. The molecule has 0 amide bonds. The van der Waals surface area contributed by atoms with Crippen molar-refractivity contribution >= 4 is 5.82 Å². The van der Waals surface area contributed by atoms with E-state index >= 15 is 0 Å². The summed E-state index contributed by atoms with van der Waals surface area (Å²) in [5.41, 5.74) is 0.972. The Morgan fingerprint density at radius 3 is 3.00 bits per heavy atom. The van der Waals surface area contributed by atoms with Crippen molar-refractivity contribution in [2.45, 2.75) is 51.2 Å². The number of hydrogen-bond acceptors (Lipinski definition) is 3. The van der Waals surface area contributed by atoms with Gasteiger partial charge >= 0.3 is 0 Å². The topological polar surface area (TPSA) is 36.4 Å². The lowest BCUT2D eigenvalue weighted by atomic mass is 9.85. The van der Waals surface area contributed by atoms with E-state index in [2.05, 4.69) is 16.0 Å². The lowest BCUT2D eigenvalue weighted by Gasteiger charge is -2.32. The minimum atomic E-state index is -0.406. The molecule has 1 N–H and O–H groups in total. The number of fused-ring (bicyclic) bond motifs is 1. The maximum atomic E-state index is 9.68. The van der Waals surface area contributed by atoms with Crippen LogP contribution in [0, 0.1) is 5.92 Å². The molecule has 1 saturated heterocycles. The number of pyridine rings is 1. The van der Waals surface area contributed by atoms with Crippen molar-refractivity contribution in [2.24, 2.45) is 5.92 Å². The molecule has 1 saturated carbocycles. The Hall–Kier alpha value is -1.09. The normalized spacial score (nSPS) is 29.1. The number of anilines is 1. The highest BCUT2D eigenvalue weighted by Crippen LogP contribution is 2.38. The molecule has 1 aromatic heterocycles. The Kier molecular flexibility index (Phi) is 3.25. The van der Waals surface area contributed by atoms with Crippen LogP contribution in [0.2, 0.25) is 0 Å². The number of aliphatic hydroxyl groups is 1. The third kappa shape index (κ3) is 2.12. The Bertz CT molecular complexity index is 419. The smallest absolute Gasteiger partial charge is 0.129 e. The maximum Gasteiger partial charge on any atom is 0.129 e. The third-order valence-corrected chi connectivity index (χ3v) is 4.56. The summed E-state index contributed by atoms with van der Waals surface area (Å²) in [6.07, 6.45) is 8.18. The van der Waals surface area contributed by atoms with Gasteiger partial charge in [-0.15, -0.1) is 0 Å². The predicted molar refractivity (Wildman–Crippen MR) is 72.6 cm³/mol. The quantitative estimate of drug-likeness (QED) is 0.871. The fraction of sp³-hybridized carbons (Fsp3) is 0.667. The van der Waals surface area contributed by atoms with E-state index in [1.54, 1.807) is 0 Å². The van der Waals surface area contributed by atoms with E-state index in [1.165, 1.54) is 32.1 Å². The lowest BCUT2D eigenvalue weighted by Crippen LogP contribution is -2.35. The molecule has 1 aliphatic heterocycles. The standard InChI is InChI=1S/C15H22N2O/c1-11(18)13-6-8-16-15(10-13)17-9-7-12-4-2-3-5-14(12)17/h6,8,10-12,14,18H,2-5,7,9H2,1H3/t11-,12?,14?/m1/s1. The number of aliphatic hydroxyl groups excluding tert-OH is 1. The first-order valence-electron chi connectivity index (χ1n) is 7.16. The van der Waals surface area contributed by atoms with Crippen LogP contribution < -0.4 is 4.90 Å². The van der Waals surface area contributed by atoms with E-state index in [4.69, 9.17) is 0 Å². The SMILES string of the molecule is C[C@@H](O)c1ccnc(N2CCC3CCCCC32)c1. The van der Waals surface area contributed by atoms with Crippen molar-refractivity contribution in [3.05, 3.63) is 23.9 Å². The van der Waals surface area contributed by atoms with Crippen molar-refractivity contribution in [3.63, 3.8) is 0 Å². The molecule has 2 aliphatic rings. The summed E-state index contributed by atoms with van der Waals surface area (Å²) in [4.78, 5) is 6.98. The van der Waals surface area contributed by atoms with Crippen molar-refractivity contribution < 1.29 is 5.11 Å². The summed E-state index contributed by atoms with van der Waals surface area (Å²) >= 11 is 0. The van der Waals surface area contributed by atoms with Gasteiger partial charge < -0.3 is 10.0 Å². The van der Waals surface area contributed by atoms with Crippen LogP contribution in [0.1, 0.15) is 50.7 Å². The molecule has 0 spiro atoms. The molecule has 0 aromatic carbocycles. The zero-order chi connectivity index (χ0) is 12.5. The molecule has 0 radical (unpaired) electrons. The summed E-state index contributed by atoms with van der Waals surface area (Å²) in [6.45, 7) is 2.94. The number of nitrogens with zero attached hydrogens (tertiary/aromatic N) is 2. The Balaban J connectivity index is 1.84. The molecule has 3 heteroatoms. The van der Waals surface area contributed by atoms with Crippen molar-refractivity contribution in [1.82, 2.24) is 4.98 Å². The van der Waals surface area contributed by atoms with Gasteiger partial charge in [0.25, 0.3) is 0 Å². The summed E-state index contributed by atoms with van der Waals surface area (Å²) in [5.74, 6) is 1.93. The summed E-state index contributed by atoms with van der Waals surface area (Å²) in [5, 5.41) is 9.68. The Morgan fingerprint density at radius 2 is 2.17 bits per heavy atom. The number of aromatic nitrogens is 1. The van der Waals surface area contributed by atoms with Gasteiger partial charge in [-0.1, -0.05) is 12.8 Å². The van der Waals surface area contributed by atoms with Crippen LogP contribution in [0.4, 0.5) is 5.82 Å². The lowest BCUT2D eigenvalue weighted by molar-refractivity contribution is 0.199. The van der Waals surface area contributed by atoms with Crippen LogP contribution in [0.15, 0.2) is 18.3 Å². The van der Waals surface area contributed by atoms with Crippen LogP contribution >= 0.6 is 0 Å². The molecule has 2 fully saturated rings. The van der Waals surface area contributed by atoms with Crippen molar-refractivity contribution in [1.29, 1.82) is 0 Å². The third-order valence-electron chi connectivity index (χ3n) is 4.56. The number of hydrogen-bond donors (Lipinski definition) is 1. The predicted octanol–water partition coefficient (Wildman–Crippen LogP) is 2.90. The molecule has 98 valence electrons. The van der Waals surface area contributed by atoms with Crippen LogP contribution in [0.5, 0.6) is 0 Å². The summed E-state index contributed by atoms with van der Waals surface area (Å²) in [7, 11) is 0. The average molecular weight is 246 g/mol. The highest BCUT2D eigenvalue weighted by Gasteiger charge is 2.36.